The van der Waals surface area contributed by atoms with Crippen molar-refractivity contribution in [2.75, 3.05) is 0 Å². The Kier molecular flexibility index (Phi) is 3.02. The van der Waals surface area contributed by atoms with Crippen LogP contribution in [0.1, 0.15) is 56.6 Å². The molecule has 0 bridgehead atoms. The van der Waals surface area contributed by atoms with Gasteiger partial charge in [-0.2, -0.15) is 0 Å². The zero-order chi connectivity index (χ0) is 17.4. The number of benzene rings is 1. The molecule has 1 heterocycles. The van der Waals surface area contributed by atoms with Crippen LogP contribution in [0.5, 0.6) is 5.75 Å². The van der Waals surface area contributed by atoms with Gasteiger partial charge < -0.3 is 9.47 Å². The Labute approximate surface area is 149 Å². The quantitative estimate of drug-likeness (QED) is 0.338. The highest BCUT2D eigenvalue weighted by Crippen LogP contribution is 2.71. The van der Waals surface area contributed by atoms with Gasteiger partial charge in [0.15, 0.2) is 5.60 Å². The van der Waals surface area contributed by atoms with Crippen molar-refractivity contribution in [1.29, 1.82) is 0 Å². The maximum absolute atomic E-state index is 11.2. The number of rotatable bonds is 1. The number of hydrogen-bond donors (Lipinski definition) is 0. The van der Waals surface area contributed by atoms with E-state index in [9.17, 15) is 4.79 Å². The Hall–Kier alpha value is -1.79. The molecule has 2 saturated carbocycles. The fraction of sp³-hybridized carbons (Fsp3) is 0.591. The molecule has 130 valence electrons. The minimum Gasteiger partial charge on any atom is -0.427 e. The van der Waals surface area contributed by atoms with Crippen LogP contribution in [0, 0.1) is 29.6 Å². The average molecular weight is 336 g/mol. The molecule has 0 aromatic heterocycles. The molecule has 0 amide bonds. The van der Waals surface area contributed by atoms with Crippen molar-refractivity contribution < 1.29 is 14.3 Å². The smallest absolute Gasteiger partial charge is 0.308 e. The molecule has 3 heteroatoms. The Bertz CT molecular complexity index is 806. The predicted molar refractivity (Wildman–Crippen MR) is 94.2 cm³/mol. The lowest BCUT2D eigenvalue weighted by atomic mass is 9.53. The molecule has 3 fully saturated rings. The van der Waals surface area contributed by atoms with Crippen molar-refractivity contribution in [3.8, 4) is 18.1 Å². The summed E-state index contributed by atoms with van der Waals surface area (Å²) in [5.74, 6) is 5.42. The van der Waals surface area contributed by atoms with Crippen LogP contribution in [0.2, 0.25) is 0 Å². The number of ether oxygens (including phenoxy) is 2. The Morgan fingerprint density at radius 2 is 2.24 bits per heavy atom. The van der Waals surface area contributed by atoms with Crippen LogP contribution in [0.3, 0.4) is 0 Å². The zero-order valence-electron chi connectivity index (χ0n) is 14.9. The van der Waals surface area contributed by atoms with E-state index in [1.165, 1.54) is 30.9 Å². The summed E-state index contributed by atoms with van der Waals surface area (Å²) in [5.41, 5.74) is 2.69. The van der Waals surface area contributed by atoms with Gasteiger partial charge in [0.1, 0.15) is 11.9 Å². The molecule has 1 aromatic carbocycles. The van der Waals surface area contributed by atoms with E-state index in [0.717, 1.165) is 19.3 Å². The summed E-state index contributed by atoms with van der Waals surface area (Å²) in [6.45, 7) is 3.83. The van der Waals surface area contributed by atoms with Gasteiger partial charge in [-0.3, -0.25) is 4.79 Å². The lowest BCUT2D eigenvalue weighted by Crippen LogP contribution is -2.46. The lowest BCUT2D eigenvalue weighted by molar-refractivity contribution is -0.131. The van der Waals surface area contributed by atoms with Crippen LogP contribution in [0.15, 0.2) is 18.2 Å². The van der Waals surface area contributed by atoms with E-state index in [2.05, 4.69) is 25.0 Å². The highest BCUT2D eigenvalue weighted by molar-refractivity contribution is 5.69. The van der Waals surface area contributed by atoms with Crippen LogP contribution < -0.4 is 4.74 Å². The Morgan fingerprint density at radius 1 is 1.40 bits per heavy atom. The van der Waals surface area contributed by atoms with Gasteiger partial charge in [0, 0.05) is 12.3 Å². The van der Waals surface area contributed by atoms with Gasteiger partial charge in [-0.05, 0) is 73.1 Å². The summed E-state index contributed by atoms with van der Waals surface area (Å²) >= 11 is 0. The number of terminal acetylenes is 1. The maximum Gasteiger partial charge on any atom is 0.308 e. The molecule has 6 atom stereocenters. The van der Waals surface area contributed by atoms with Crippen LogP contribution in [0.25, 0.3) is 0 Å². The third kappa shape index (κ3) is 1.89. The van der Waals surface area contributed by atoms with Crippen LogP contribution >= 0.6 is 0 Å². The number of carbonyl (C=O) groups excluding carboxylic acids is 1. The molecule has 25 heavy (non-hydrogen) atoms. The minimum atomic E-state index is -0.276. The lowest BCUT2D eigenvalue weighted by Gasteiger charge is -2.51. The summed E-state index contributed by atoms with van der Waals surface area (Å²) in [6, 6.07) is 6.21. The zero-order valence-corrected chi connectivity index (χ0v) is 14.9. The van der Waals surface area contributed by atoms with Crippen molar-refractivity contribution in [3.63, 3.8) is 0 Å². The molecule has 4 aliphatic rings. The monoisotopic (exact) mass is 336 g/mol. The molecule has 0 radical (unpaired) electrons. The number of epoxide rings is 1. The van der Waals surface area contributed by atoms with Crippen LogP contribution in [0.4, 0.5) is 0 Å². The molecule has 0 spiro atoms. The predicted octanol–water partition coefficient (Wildman–Crippen LogP) is 3.85. The Morgan fingerprint density at radius 3 is 3.00 bits per heavy atom. The Balaban J connectivity index is 1.46. The van der Waals surface area contributed by atoms with E-state index in [-0.39, 0.29) is 17.0 Å². The first-order valence-corrected chi connectivity index (χ1v) is 9.45. The molecule has 1 aromatic rings. The SMILES string of the molecule is C#C[C@@]12O[C@@H]1C[C@H]1[C@@H]3CCc4cc(OC(C)=O)ccc4[C@H]3CC[C@@]12C. The summed E-state index contributed by atoms with van der Waals surface area (Å²) in [7, 11) is 0. The average Bonchev–Trinajstić information content (AvgIpc) is 3.25. The van der Waals surface area contributed by atoms with Gasteiger partial charge >= 0.3 is 5.97 Å². The molecule has 3 nitrogen and oxygen atoms in total. The standard InChI is InChI=1S/C22H24O3/c1-4-22-20(25-22)12-19-18-7-5-14-11-15(24-13(2)23)6-8-16(14)17(18)9-10-21(19,22)3/h1,6,8,11,17-20H,5,7,9-10,12H2,2-3H3/t17-,18-,19+,20-,21+,22-/m1/s1. The summed E-state index contributed by atoms with van der Waals surface area (Å²) in [4.78, 5) is 11.2. The molecular formula is C22H24O3. The normalized spacial score (nSPS) is 43.1. The van der Waals surface area contributed by atoms with E-state index in [4.69, 9.17) is 15.9 Å². The largest absolute Gasteiger partial charge is 0.427 e. The minimum absolute atomic E-state index is 0.142. The molecule has 0 unspecified atom stereocenters. The first-order chi connectivity index (χ1) is 12.0. The number of esters is 1. The highest BCUT2D eigenvalue weighted by Gasteiger charge is 2.76. The number of fused-ring (bicyclic) bond motifs is 7. The number of carbonyl (C=O) groups is 1. The van der Waals surface area contributed by atoms with Gasteiger partial charge in [-0.1, -0.05) is 18.9 Å². The van der Waals surface area contributed by atoms with Gasteiger partial charge in [-0.15, -0.1) is 6.42 Å². The van der Waals surface area contributed by atoms with Gasteiger partial charge in [0.25, 0.3) is 0 Å². The third-order valence-corrected chi connectivity index (χ3v) is 7.60. The van der Waals surface area contributed by atoms with Crippen molar-refractivity contribution in [2.45, 2.75) is 63.6 Å². The maximum atomic E-state index is 11.2. The summed E-state index contributed by atoms with van der Waals surface area (Å²) in [5, 5.41) is 0. The van der Waals surface area contributed by atoms with Crippen LogP contribution in [-0.4, -0.2) is 17.7 Å². The summed E-state index contributed by atoms with van der Waals surface area (Å²) < 4.78 is 11.3. The molecular weight excluding hydrogens is 312 g/mol. The van der Waals surface area contributed by atoms with Gasteiger partial charge in [0.2, 0.25) is 0 Å². The fourth-order valence-corrected chi connectivity index (χ4v) is 6.43. The second-order valence-corrected chi connectivity index (χ2v) is 8.55. The van der Waals surface area contributed by atoms with Crippen molar-refractivity contribution in [1.82, 2.24) is 0 Å². The first-order valence-electron chi connectivity index (χ1n) is 9.45. The number of hydrogen-bond acceptors (Lipinski definition) is 3. The van der Waals surface area contributed by atoms with Gasteiger partial charge in [0.05, 0.1) is 0 Å². The second-order valence-electron chi connectivity index (χ2n) is 8.55. The molecule has 0 N–H and O–H groups in total. The van der Waals surface area contributed by atoms with E-state index < -0.39 is 0 Å². The molecule has 1 aliphatic heterocycles. The molecule has 5 rings (SSSR count). The second kappa shape index (κ2) is 4.89. The van der Waals surface area contributed by atoms with Crippen LogP contribution in [-0.2, 0) is 16.0 Å². The van der Waals surface area contributed by atoms with E-state index >= 15 is 0 Å². The first kappa shape index (κ1) is 15.5. The van der Waals surface area contributed by atoms with Gasteiger partial charge in [-0.25, -0.2) is 0 Å². The number of aryl methyl sites for hydroxylation is 1. The summed E-state index contributed by atoms with van der Waals surface area (Å²) in [6.07, 6.45) is 11.9. The van der Waals surface area contributed by atoms with E-state index in [0.29, 0.717) is 29.6 Å². The van der Waals surface area contributed by atoms with Crippen molar-refractivity contribution in [2.24, 2.45) is 17.3 Å². The molecule has 1 saturated heterocycles. The highest BCUT2D eigenvalue weighted by atomic mass is 16.6. The van der Waals surface area contributed by atoms with Crippen molar-refractivity contribution >= 4 is 5.97 Å². The van der Waals surface area contributed by atoms with Crippen molar-refractivity contribution in [3.05, 3.63) is 29.3 Å². The molecule has 3 aliphatic carbocycles. The fourth-order valence-electron chi connectivity index (χ4n) is 6.43. The topological polar surface area (TPSA) is 38.8 Å². The van der Waals surface area contributed by atoms with E-state index in [1.54, 1.807) is 0 Å². The van der Waals surface area contributed by atoms with E-state index in [1.807, 2.05) is 6.07 Å². The third-order valence-electron chi connectivity index (χ3n) is 7.60.